The van der Waals surface area contributed by atoms with E-state index in [-0.39, 0.29) is 0 Å². The Bertz CT molecular complexity index is 724. The molecule has 0 aromatic carbocycles. The first-order valence-corrected chi connectivity index (χ1v) is 11.2. The molecule has 148 valence electrons. The number of sulfonamides is 1. The minimum Gasteiger partial charge on any atom is -0.357 e. The summed E-state index contributed by atoms with van der Waals surface area (Å²) in [5.74, 6) is 1.27. The summed E-state index contributed by atoms with van der Waals surface area (Å²) in [4.78, 5) is 6.86. The Balaban J connectivity index is 1.95. The minimum absolute atomic E-state index is 0.416. The van der Waals surface area contributed by atoms with Gasteiger partial charge in [-0.1, -0.05) is 11.6 Å². The Morgan fingerprint density at radius 1 is 1.42 bits per heavy atom. The summed E-state index contributed by atoms with van der Waals surface area (Å²) in [5.41, 5.74) is 1.12. The normalized spacial score (nSPS) is 17.5. The van der Waals surface area contributed by atoms with Crippen LogP contribution in [0.15, 0.2) is 17.3 Å². The summed E-state index contributed by atoms with van der Waals surface area (Å²) in [6.45, 7) is 5.44. The third-order valence-corrected chi connectivity index (χ3v) is 6.22. The molecule has 1 aromatic heterocycles. The Morgan fingerprint density at radius 3 is 2.58 bits per heavy atom. The molecule has 1 aliphatic rings. The first-order valence-electron chi connectivity index (χ1n) is 8.96. The fraction of sp³-hybridized carbons (Fsp3) is 0.706. The second-order valence-electron chi connectivity index (χ2n) is 6.92. The molecule has 7 nitrogen and oxygen atoms in total. The Kier molecular flexibility index (Phi) is 7.37. The van der Waals surface area contributed by atoms with Gasteiger partial charge in [0.2, 0.25) is 10.0 Å². The van der Waals surface area contributed by atoms with Crippen LogP contribution in [0, 0.1) is 5.92 Å². The van der Waals surface area contributed by atoms with Crippen LogP contribution in [-0.2, 0) is 23.6 Å². The predicted octanol–water partition coefficient (Wildman–Crippen LogP) is 1.75. The molecule has 0 radical (unpaired) electrons. The second-order valence-corrected chi connectivity index (χ2v) is 9.34. The van der Waals surface area contributed by atoms with E-state index < -0.39 is 10.0 Å². The number of halogens is 1. The predicted molar refractivity (Wildman–Crippen MR) is 107 cm³/mol. The number of nitrogens with zero attached hydrogens (tertiary/aromatic N) is 4. The first-order chi connectivity index (χ1) is 12.2. The number of guanidine groups is 1. The smallest absolute Gasteiger partial charge is 0.211 e. The maximum Gasteiger partial charge on any atom is 0.211 e. The Morgan fingerprint density at radius 2 is 2.08 bits per heavy atom. The molecule has 0 spiro atoms. The topological polar surface area (TPSA) is 69.9 Å². The fourth-order valence-electron chi connectivity index (χ4n) is 3.15. The summed E-state index contributed by atoms with van der Waals surface area (Å²) in [6, 6.07) is 1.96. The first kappa shape index (κ1) is 21.1. The fourth-order valence-corrected chi connectivity index (χ4v) is 4.30. The van der Waals surface area contributed by atoms with Gasteiger partial charge < -0.3 is 14.8 Å². The van der Waals surface area contributed by atoms with Crippen molar-refractivity contribution in [3.63, 3.8) is 0 Å². The van der Waals surface area contributed by atoms with Gasteiger partial charge >= 0.3 is 0 Å². The Hall–Kier alpha value is -1.25. The van der Waals surface area contributed by atoms with Gasteiger partial charge in [-0.3, -0.25) is 4.99 Å². The van der Waals surface area contributed by atoms with Gasteiger partial charge in [-0.15, -0.1) is 0 Å². The molecule has 1 saturated heterocycles. The van der Waals surface area contributed by atoms with Gasteiger partial charge in [0.25, 0.3) is 0 Å². The molecule has 1 fully saturated rings. The SMILES string of the molecule is CCNC(=NCC1CCN(S(C)(=O)=O)CC1)N(C)Cc1cc(Cl)cn1C. The molecule has 1 aliphatic heterocycles. The van der Waals surface area contributed by atoms with Crippen LogP contribution < -0.4 is 5.32 Å². The van der Waals surface area contributed by atoms with Gasteiger partial charge in [-0.2, -0.15) is 0 Å². The molecule has 1 N–H and O–H groups in total. The number of hydrogen-bond acceptors (Lipinski definition) is 3. The van der Waals surface area contributed by atoms with Gasteiger partial charge in [0.05, 0.1) is 17.8 Å². The molecule has 1 aromatic rings. The molecule has 0 bridgehead atoms. The molecule has 0 aliphatic carbocycles. The van der Waals surface area contributed by atoms with E-state index in [0.29, 0.717) is 32.1 Å². The van der Waals surface area contributed by atoms with Gasteiger partial charge in [0.15, 0.2) is 5.96 Å². The van der Waals surface area contributed by atoms with Crippen molar-refractivity contribution >= 4 is 27.6 Å². The number of aliphatic imine (C=N–C) groups is 1. The van der Waals surface area contributed by atoms with E-state index in [0.717, 1.165) is 36.1 Å². The molecular formula is C17H30ClN5O2S. The van der Waals surface area contributed by atoms with Gasteiger partial charge in [-0.05, 0) is 31.7 Å². The molecule has 0 saturated carbocycles. The maximum atomic E-state index is 11.6. The zero-order chi connectivity index (χ0) is 19.3. The zero-order valence-electron chi connectivity index (χ0n) is 16.1. The van der Waals surface area contributed by atoms with Crippen molar-refractivity contribution in [1.82, 2.24) is 19.1 Å². The number of hydrogen-bond donors (Lipinski definition) is 1. The van der Waals surface area contributed by atoms with Crippen molar-refractivity contribution < 1.29 is 8.42 Å². The van der Waals surface area contributed by atoms with Crippen LogP contribution in [0.5, 0.6) is 0 Å². The molecule has 2 rings (SSSR count). The maximum absolute atomic E-state index is 11.6. The lowest BCUT2D eigenvalue weighted by Gasteiger charge is -2.30. The van der Waals surface area contributed by atoms with Crippen LogP contribution in [0.2, 0.25) is 5.02 Å². The molecule has 2 heterocycles. The van der Waals surface area contributed by atoms with Crippen LogP contribution in [0.3, 0.4) is 0 Å². The molecule has 9 heteroatoms. The van der Waals surface area contributed by atoms with E-state index in [1.165, 1.54) is 6.26 Å². The Labute approximate surface area is 162 Å². The van der Waals surface area contributed by atoms with E-state index in [1.54, 1.807) is 4.31 Å². The number of piperidine rings is 1. The second kappa shape index (κ2) is 9.10. The molecule has 26 heavy (non-hydrogen) atoms. The number of nitrogens with one attached hydrogen (secondary N) is 1. The lowest BCUT2D eigenvalue weighted by Crippen LogP contribution is -2.40. The van der Waals surface area contributed by atoms with Gasteiger partial charge in [0, 0.05) is 52.2 Å². The van der Waals surface area contributed by atoms with E-state index in [1.807, 2.05) is 37.8 Å². The van der Waals surface area contributed by atoms with Crippen molar-refractivity contribution in [2.75, 3.05) is 39.5 Å². The third-order valence-electron chi connectivity index (χ3n) is 4.71. The highest BCUT2D eigenvalue weighted by molar-refractivity contribution is 7.88. The van der Waals surface area contributed by atoms with E-state index >= 15 is 0 Å². The van der Waals surface area contributed by atoms with Crippen molar-refractivity contribution in [1.29, 1.82) is 0 Å². The lowest BCUT2D eigenvalue weighted by atomic mass is 9.98. The highest BCUT2D eigenvalue weighted by Crippen LogP contribution is 2.19. The minimum atomic E-state index is -3.08. The largest absolute Gasteiger partial charge is 0.357 e. The highest BCUT2D eigenvalue weighted by Gasteiger charge is 2.24. The van der Waals surface area contributed by atoms with Gasteiger partial charge in [0.1, 0.15) is 0 Å². The van der Waals surface area contributed by atoms with Crippen molar-refractivity contribution in [3.8, 4) is 0 Å². The van der Waals surface area contributed by atoms with E-state index in [4.69, 9.17) is 16.6 Å². The summed E-state index contributed by atoms with van der Waals surface area (Å²) in [5, 5.41) is 4.06. The van der Waals surface area contributed by atoms with Crippen LogP contribution >= 0.6 is 11.6 Å². The van der Waals surface area contributed by atoms with Crippen LogP contribution in [0.4, 0.5) is 0 Å². The number of aryl methyl sites for hydroxylation is 1. The van der Waals surface area contributed by atoms with E-state index in [2.05, 4.69) is 10.2 Å². The van der Waals surface area contributed by atoms with Crippen LogP contribution in [-0.4, -0.2) is 67.6 Å². The molecular weight excluding hydrogens is 374 g/mol. The average Bonchev–Trinajstić information content (AvgIpc) is 2.88. The molecule has 0 atom stereocenters. The monoisotopic (exact) mass is 403 g/mol. The van der Waals surface area contributed by atoms with Crippen LogP contribution in [0.25, 0.3) is 0 Å². The quantitative estimate of drug-likeness (QED) is 0.580. The van der Waals surface area contributed by atoms with E-state index in [9.17, 15) is 8.42 Å². The average molecular weight is 404 g/mol. The highest BCUT2D eigenvalue weighted by atomic mass is 35.5. The van der Waals surface area contributed by atoms with Gasteiger partial charge in [-0.25, -0.2) is 12.7 Å². The summed E-state index contributed by atoms with van der Waals surface area (Å²) >= 11 is 6.06. The summed E-state index contributed by atoms with van der Waals surface area (Å²) < 4.78 is 26.8. The molecule has 0 amide bonds. The van der Waals surface area contributed by atoms with Crippen molar-refractivity contribution in [3.05, 3.63) is 23.0 Å². The number of rotatable bonds is 6. The lowest BCUT2D eigenvalue weighted by molar-refractivity contribution is 0.279. The summed E-state index contributed by atoms with van der Waals surface area (Å²) in [7, 11) is 0.914. The van der Waals surface area contributed by atoms with Crippen molar-refractivity contribution in [2.45, 2.75) is 26.3 Å². The number of aromatic nitrogens is 1. The van der Waals surface area contributed by atoms with Crippen LogP contribution in [0.1, 0.15) is 25.5 Å². The third kappa shape index (κ3) is 5.89. The zero-order valence-corrected chi connectivity index (χ0v) is 17.6. The molecule has 0 unspecified atom stereocenters. The van der Waals surface area contributed by atoms with Crippen molar-refractivity contribution in [2.24, 2.45) is 18.0 Å². The standard InChI is InChI=1S/C17H30ClN5O2S/c1-5-19-17(22(3)13-16-10-15(18)12-21(16)2)20-11-14-6-8-23(9-7-14)26(4,24)25/h10,12,14H,5-9,11,13H2,1-4H3,(H,19,20). The summed E-state index contributed by atoms with van der Waals surface area (Å²) in [6.07, 6.45) is 4.88.